The molecule has 20 heteroatoms. The van der Waals surface area contributed by atoms with E-state index in [1.165, 1.54) is 23.9 Å². The van der Waals surface area contributed by atoms with Gasteiger partial charge in [0.1, 0.15) is 11.6 Å². The van der Waals surface area contributed by atoms with Crippen molar-refractivity contribution in [3.8, 4) is 11.1 Å². The van der Waals surface area contributed by atoms with Crippen LogP contribution in [-0.4, -0.2) is 118 Å². The number of amides is 1. The first-order chi connectivity index (χ1) is 32.8. The van der Waals surface area contributed by atoms with Crippen LogP contribution in [-0.2, 0) is 19.9 Å². The standard InChI is InChI=1S/C49H54ClF4N5O7S3/c1-33(29-46(67-40-7-3-2-4-8-40)59-27-25-57(26-28-59)32-39(60)31-51)55-44-20-19-41(30-45(44)68(63,64)49(52,53)54)69(65,66)56-48(62)36-13-17-38(18-14-36)58-23-21-35(22-24-58)47(61)43-10-6-5-9-42(43)34-11-15-37(50)16-12-34/h2-20,30,33,35,39,46-47,55,60-61H,21-29,31-32H2,1H3,(H,56,62)/t33?,39-,46+,47?/m0/s1. The molecule has 0 bridgehead atoms. The lowest BCUT2D eigenvalue weighted by molar-refractivity contribution is -0.0436. The molecule has 5 aromatic rings. The van der Waals surface area contributed by atoms with Gasteiger partial charge in [0.05, 0.1) is 28.2 Å². The quantitative estimate of drug-likeness (QED) is 0.0490. The third-order valence-corrected chi connectivity index (χ3v) is 16.8. The number of piperazine rings is 1. The summed E-state index contributed by atoms with van der Waals surface area (Å²) in [6.45, 7) is 4.33. The number of aliphatic hydroxyl groups is 2. The number of sulfone groups is 1. The van der Waals surface area contributed by atoms with Gasteiger partial charge in [0.25, 0.3) is 25.8 Å². The lowest BCUT2D eigenvalue weighted by Crippen LogP contribution is -2.51. The Balaban J connectivity index is 1.01. The van der Waals surface area contributed by atoms with E-state index in [4.69, 9.17) is 11.6 Å². The minimum Gasteiger partial charge on any atom is -0.389 e. The number of aliphatic hydroxyl groups excluding tert-OH is 2. The molecule has 2 fully saturated rings. The minimum absolute atomic E-state index is 0.0308. The summed E-state index contributed by atoms with van der Waals surface area (Å²) in [7, 11) is -11.0. The third kappa shape index (κ3) is 13.0. The second kappa shape index (κ2) is 22.6. The van der Waals surface area contributed by atoms with Gasteiger partial charge in [0, 0.05) is 73.0 Å². The summed E-state index contributed by atoms with van der Waals surface area (Å²) in [6, 6.07) is 32.3. The number of alkyl halides is 4. The maximum Gasteiger partial charge on any atom is 0.501 e. The van der Waals surface area contributed by atoms with E-state index >= 15 is 0 Å². The van der Waals surface area contributed by atoms with Gasteiger partial charge in [-0.25, -0.2) is 25.9 Å². The molecule has 12 nitrogen and oxygen atoms in total. The largest absolute Gasteiger partial charge is 0.501 e. The molecule has 2 heterocycles. The number of anilines is 2. The highest BCUT2D eigenvalue weighted by Gasteiger charge is 2.48. The number of nitrogens with one attached hydrogen (secondary N) is 2. The number of β-amino-alcohol motifs (C(OH)–C–C–N with tert-alkyl or cyclic N) is 1. The molecule has 0 spiro atoms. The number of halogens is 5. The van der Waals surface area contributed by atoms with Gasteiger partial charge in [-0.2, -0.15) is 13.2 Å². The molecule has 4 atom stereocenters. The lowest BCUT2D eigenvalue weighted by atomic mass is 9.84. The molecule has 2 aliphatic rings. The SMILES string of the molecule is CC(C[C@@H](Sc1ccccc1)N1CCN(C[C@@H](O)CF)CC1)Nc1ccc(S(=O)(=O)NC(=O)c2ccc(N3CCC(C(O)c4ccccc4-c4ccc(Cl)cc4)CC3)cc2)cc1S(=O)(=O)C(F)(F)F. The van der Waals surface area contributed by atoms with Crippen LogP contribution in [0.3, 0.4) is 0 Å². The molecule has 2 saturated heterocycles. The molecule has 7 rings (SSSR count). The fourth-order valence-corrected chi connectivity index (χ4v) is 12.2. The minimum atomic E-state index is -6.12. The van der Waals surface area contributed by atoms with E-state index in [0.29, 0.717) is 69.6 Å². The first-order valence-corrected chi connectivity index (χ1v) is 26.6. The summed E-state index contributed by atoms with van der Waals surface area (Å²) in [4.78, 5) is 18.2. The number of benzene rings is 5. The molecule has 2 aliphatic heterocycles. The number of rotatable bonds is 18. The predicted molar refractivity (Wildman–Crippen MR) is 261 cm³/mol. The summed E-state index contributed by atoms with van der Waals surface area (Å²) in [5.74, 6) is -1.11. The first-order valence-electron chi connectivity index (χ1n) is 22.4. The highest BCUT2D eigenvalue weighted by molar-refractivity contribution is 7.99. The Morgan fingerprint density at radius 1 is 0.826 bits per heavy atom. The van der Waals surface area contributed by atoms with Crippen LogP contribution in [0, 0.1) is 5.92 Å². The van der Waals surface area contributed by atoms with Crippen LogP contribution in [0.1, 0.15) is 48.2 Å². The zero-order chi connectivity index (χ0) is 49.5. The zero-order valence-corrected chi connectivity index (χ0v) is 40.8. The van der Waals surface area contributed by atoms with E-state index in [1.807, 2.05) is 76.4 Å². The van der Waals surface area contributed by atoms with E-state index in [2.05, 4.69) is 15.1 Å². The van der Waals surface area contributed by atoms with Gasteiger partial charge in [0.2, 0.25) is 0 Å². The fraction of sp³-hybridized carbons (Fsp3) is 0.367. The molecule has 69 heavy (non-hydrogen) atoms. The number of carbonyl (C=O) groups excluding carboxylic acids is 1. The molecule has 1 amide bonds. The molecule has 5 aromatic carbocycles. The number of hydrogen-bond acceptors (Lipinski definition) is 12. The van der Waals surface area contributed by atoms with Crippen molar-refractivity contribution in [2.45, 2.75) is 70.0 Å². The molecule has 0 radical (unpaired) electrons. The van der Waals surface area contributed by atoms with Crippen molar-refractivity contribution in [2.75, 3.05) is 62.7 Å². The van der Waals surface area contributed by atoms with Crippen molar-refractivity contribution in [1.29, 1.82) is 0 Å². The van der Waals surface area contributed by atoms with Crippen LogP contribution in [0.2, 0.25) is 5.02 Å². The number of nitrogens with zero attached hydrogens (tertiary/aromatic N) is 3. The summed E-state index contributed by atoms with van der Waals surface area (Å²) >= 11 is 7.61. The summed E-state index contributed by atoms with van der Waals surface area (Å²) in [5.41, 5.74) is -2.90. The summed E-state index contributed by atoms with van der Waals surface area (Å²) < 4.78 is 111. The van der Waals surface area contributed by atoms with E-state index in [-0.39, 0.29) is 23.4 Å². The highest BCUT2D eigenvalue weighted by atomic mass is 35.5. The van der Waals surface area contributed by atoms with Crippen molar-refractivity contribution >= 4 is 60.5 Å². The van der Waals surface area contributed by atoms with Gasteiger partial charge >= 0.3 is 5.51 Å². The van der Waals surface area contributed by atoms with Crippen molar-refractivity contribution in [3.63, 3.8) is 0 Å². The van der Waals surface area contributed by atoms with E-state index in [1.54, 1.807) is 31.2 Å². The van der Waals surface area contributed by atoms with E-state index in [0.717, 1.165) is 39.4 Å². The first kappa shape index (κ1) is 52.1. The van der Waals surface area contributed by atoms with Gasteiger partial charge in [-0.15, -0.1) is 11.8 Å². The molecule has 4 N–H and O–H groups in total. The Labute approximate surface area is 409 Å². The van der Waals surface area contributed by atoms with Gasteiger partial charge in [-0.05, 0) is 116 Å². The zero-order valence-electron chi connectivity index (χ0n) is 37.6. The number of carbonyl (C=O) groups is 1. The van der Waals surface area contributed by atoms with E-state index < -0.39 is 71.7 Å². The monoisotopic (exact) mass is 1030 g/mol. The fourth-order valence-electron chi connectivity index (χ4n) is 8.71. The Bertz CT molecular complexity index is 2750. The average molecular weight is 1030 g/mol. The van der Waals surface area contributed by atoms with Crippen LogP contribution < -0.4 is 14.9 Å². The number of piperidine rings is 1. The molecule has 0 aliphatic carbocycles. The number of hydrogen-bond donors (Lipinski definition) is 4. The Hall–Kier alpha value is -4.73. The Morgan fingerprint density at radius 2 is 1.46 bits per heavy atom. The molecule has 2 unspecified atom stereocenters. The number of sulfonamides is 1. The van der Waals surface area contributed by atoms with Gasteiger partial charge < -0.3 is 20.4 Å². The summed E-state index contributed by atoms with van der Waals surface area (Å²) in [6.07, 6.45) is -0.187. The molecular weight excluding hydrogens is 978 g/mol. The highest BCUT2D eigenvalue weighted by Crippen LogP contribution is 2.39. The van der Waals surface area contributed by atoms with Crippen molar-refractivity contribution < 1.29 is 49.4 Å². The average Bonchev–Trinajstić information content (AvgIpc) is 3.34. The van der Waals surface area contributed by atoms with Crippen LogP contribution in [0.4, 0.5) is 28.9 Å². The predicted octanol–water partition coefficient (Wildman–Crippen LogP) is 8.63. The molecule has 0 aromatic heterocycles. The van der Waals surface area contributed by atoms with Crippen LogP contribution >= 0.6 is 23.4 Å². The topological polar surface area (TPSA) is 160 Å². The van der Waals surface area contributed by atoms with Crippen LogP contribution in [0.15, 0.2) is 136 Å². The van der Waals surface area contributed by atoms with Crippen LogP contribution in [0.25, 0.3) is 11.1 Å². The maximum atomic E-state index is 14.2. The Morgan fingerprint density at radius 3 is 2.10 bits per heavy atom. The molecule has 0 saturated carbocycles. The second-order valence-electron chi connectivity index (χ2n) is 17.3. The third-order valence-electron chi connectivity index (χ3n) is 12.4. The van der Waals surface area contributed by atoms with Crippen molar-refractivity contribution in [1.82, 2.24) is 14.5 Å². The van der Waals surface area contributed by atoms with Gasteiger partial charge in [-0.1, -0.05) is 66.2 Å². The lowest BCUT2D eigenvalue weighted by Gasteiger charge is -2.40. The molecular formula is C49H54ClF4N5O7S3. The summed E-state index contributed by atoms with van der Waals surface area (Å²) in [5, 5.41) is 24.6. The van der Waals surface area contributed by atoms with Crippen molar-refractivity contribution in [3.05, 3.63) is 137 Å². The van der Waals surface area contributed by atoms with E-state index in [9.17, 15) is 49.4 Å². The second-order valence-corrected chi connectivity index (χ2v) is 22.5. The number of thioether (sulfide) groups is 1. The van der Waals surface area contributed by atoms with Crippen molar-refractivity contribution in [2.24, 2.45) is 5.92 Å². The van der Waals surface area contributed by atoms with Gasteiger partial charge in [0.15, 0.2) is 0 Å². The maximum absolute atomic E-state index is 14.2. The van der Waals surface area contributed by atoms with Crippen LogP contribution in [0.5, 0.6) is 0 Å². The normalized spacial score (nSPS) is 17.5. The Kier molecular flexibility index (Phi) is 17.0. The van der Waals surface area contributed by atoms with Gasteiger partial charge in [-0.3, -0.25) is 14.6 Å². The smallest absolute Gasteiger partial charge is 0.389 e. The molecule has 370 valence electrons.